The minimum absolute atomic E-state index is 0.0314. The number of hydrogen-bond donors (Lipinski definition) is 2. The van der Waals surface area contributed by atoms with Crippen LogP contribution in [-0.2, 0) is 4.79 Å². The maximum absolute atomic E-state index is 12.3. The smallest absolute Gasteiger partial charge is 0.251 e. The Morgan fingerprint density at radius 2 is 2.12 bits per heavy atom. The molecule has 1 unspecified atom stereocenters. The van der Waals surface area contributed by atoms with Gasteiger partial charge in [-0.3, -0.25) is 9.59 Å². The van der Waals surface area contributed by atoms with E-state index in [1.807, 2.05) is 19.1 Å². The molecule has 25 heavy (non-hydrogen) atoms. The first-order valence-electron chi connectivity index (χ1n) is 8.73. The molecule has 0 bridgehead atoms. The van der Waals surface area contributed by atoms with E-state index >= 15 is 0 Å². The lowest BCUT2D eigenvalue weighted by Crippen LogP contribution is -2.28. The van der Waals surface area contributed by atoms with Crippen molar-refractivity contribution >= 4 is 17.6 Å². The highest BCUT2D eigenvalue weighted by atomic mass is 16.2. The van der Waals surface area contributed by atoms with Gasteiger partial charge in [0.25, 0.3) is 5.91 Å². The molecule has 134 valence electrons. The van der Waals surface area contributed by atoms with E-state index in [2.05, 4.69) is 20.5 Å². The minimum Gasteiger partial charge on any atom is -0.357 e. The van der Waals surface area contributed by atoms with Gasteiger partial charge in [0.15, 0.2) is 0 Å². The van der Waals surface area contributed by atoms with Crippen molar-refractivity contribution in [3.63, 3.8) is 0 Å². The molecule has 0 aromatic carbocycles. The maximum atomic E-state index is 12.3. The van der Waals surface area contributed by atoms with Crippen molar-refractivity contribution in [2.75, 3.05) is 31.1 Å². The van der Waals surface area contributed by atoms with E-state index < -0.39 is 0 Å². The molecular formula is C18H25N5O2. The number of amides is 2. The van der Waals surface area contributed by atoms with Crippen LogP contribution in [0.1, 0.15) is 43.0 Å². The van der Waals surface area contributed by atoms with E-state index in [1.165, 1.54) is 0 Å². The van der Waals surface area contributed by atoms with Crippen LogP contribution in [0.2, 0.25) is 0 Å². The average Bonchev–Trinajstić information content (AvgIpc) is 3.14. The summed E-state index contributed by atoms with van der Waals surface area (Å²) >= 11 is 0. The third-order valence-corrected chi connectivity index (χ3v) is 4.26. The van der Waals surface area contributed by atoms with E-state index in [4.69, 9.17) is 5.26 Å². The summed E-state index contributed by atoms with van der Waals surface area (Å²) in [6.07, 6.45) is 5.06. The van der Waals surface area contributed by atoms with E-state index in [1.54, 1.807) is 12.3 Å². The largest absolute Gasteiger partial charge is 0.357 e. The van der Waals surface area contributed by atoms with Crippen molar-refractivity contribution in [2.45, 2.75) is 32.6 Å². The maximum Gasteiger partial charge on any atom is 0.251 e. The van der Waals surface area contributed by atoms with E-state index in [0.29, 0.717) is 24.9 Å². The second-order valence-corrected chi connectivity index (χ2v) is 6.39. The molecule has 0 spiro atoms. The SMILES string of the molecule is CC(CCNC(=O)c1ccnc(N2CCCC2)c1)CC(=O)NCC#N. The minimum atomic E-state index is -0.134. The molecule has 2 heterocycles. The first kappa shape index (κ1) is 18.7. The summed E-state index contributed by atoms with van der Waals surface area (Å²) in [6.45, 7) is 4.47. The van der Waals surface area contributed by atoms with Crippen molar-refractivity contribution in [1.82, 2.24) is 15.6 Å². The number of carbonyl (C=O) groups excluding carboxylic acids is 2. The number of rotatable bonds is 8. The Balaban J connectivity index is 1.75. The molecule has 2 rings (SSSR count). The lowest BCUT2D eigenvalue weighted by atomic mass is 10.0. The van der Waals surface area contributed by atoms with Crippen molar-refractivity contribution in [1.29, 1.82) is 5.26 Å². The van der Waals surface area contributed by atoms with Crippen LogP contribution in [0.25, 0.3) is 0 Å². The fourth-order valence-corrected chi connectivity index (χ4v) is 2.84. The second kappa shape index (κ2) is 9.62. The number of carbonyl (C=O) groups is 2. The molecule has 1 aromatic heterocycles. The summed E-state index contributed by atoms with van der Waals surface area (Å²) in [6, 6.07) is 5.42. The third kappa shape index (κ3) is 6.07. The number of nitrogens with one attached hydrogen (secondary N) is 2. The number of hydrogen-bond acceptors (Lipinski definition) is 5. The van der Waals surface area contributed by atoms with Crippen LogP contribution in [0.4, 0.5) is 5.82 Å². The lowest BCUT2D eigenvalue weighted by molar-refractivity contribution is -0.121. The predicted molar refractivity (Wildman–Crippen MR) is 95.0 cm³/mol. The predicted octanol–water partition coefficient (Wildman–Crippen LogP) is 1.47. The van der Waals surface area contributed by atoms with E-state index in [0.717, 1.165) is 31.7 Å². The Hall–Kier alpha value is -2.62. The Bertz CT molecular complexity index is 635. The van der Waals surface area contributed by atoms with Gasteiger partial charge in [0.2, 0.25) is 5.91 Å². The quantitative estimate of drug-likeness (QED) is 0.697. The van der Waals surface area contributed by atoms with E-state index in [-0.39, 0.29) is 24.3 Å². The first-order chi connectivity index (χ1) is 12.1. The Morgan fingerprint density at radius 3 is 2.84 bits per heavy atom. The molecule has 1 aliphatic heterocycles. The van der Waals surface area contributed by atoms with Crippen LogP contribution in [0.3, 0.4) is 0 Å². The zero-order valence-corrected chi connectivity index (χ0v) is 14.6. The standard InChI is InChI=1S/C18H25N5O2/c1-14(12-17(24)21-9-6-19)4-7-22-18(25)15-5-8-20-16(13-15)23-10-2-3-11-23/h5,8,13-14H,2-4,7,9-12H2,1H3,(H,21,24)(H,22,25). The highest BCUT2D eigenvalue weighted by Gasteiger charge is 2.15. The van der Waals surface area contributed by atoms with Crippen LogP contribution < -0.4 is 15.5 Å². The van der Waals surface area contributed by atoms with Gasteiger partial charge in [-0.05, 0) is 37.3 Å². The van der Waals surface area contributed by atoms with E-state index in [9.17, 15) is 9.59 Å². The van der Waals surface area contributed by atoms with Gasteiger partial charge in [0, 0.05) is 37.8 Å². The number of aromatic nitrogens is 1. The summed E-state index contributed by atoms with van der Waals surface area (Å²) in [4.78, 5) is 30.4. The van der Waals surface area contributed by atoms with Gasteiger partial charge < -0.3 is 15.5 Å². The molecule has 1 saturated heterocycles. The second-order valence-electron chi connectivity index (χ2n) is 6.39. The van der Waals surface area contributed by atoms with Gasteiger partial charge in [-0.15, -0.1) is 0 Å². The fourth-order valence-electron chi connectivity index (χ4n) is 2.84. The zero-order chi connectivity index (χ0) is 18.1. The summed E-state index contributed by atoms with van der Waals surface area (Å²) in [5, 5.41) is 13.8. The van der Waals surface area contributed by atoms with Gasteiger partial charge in [0.05, 0.1) is 6.07 Å². The molecule has 7 heteroatoms. The molecule has 2 N–H and O–H groups in total. The number of nitrogens with zero attached hydrogens (tertiary/aromatic N) is 3. The van der Waals surface area contributed by atoms with Crippen molar-refractivity contribution < 1.29 is 9.59 Å². The highest BCUT2D eigenvalue weighted by Crippen LogP contribution is 2.18. The number of pyridine rings is 1. The molecule has 1 aliphatic rings. The molecule has 1 fully saturated rings. The van der Waals surface area contributed by atoms with Gasteiger partial charge in [-0.25, -0.2) is 4.98 Å². The van der Waals surface area contributed by atoms with Gasteiger partial charge in [-0.2, -0.15) is 5.26 Å². The molecule has 1 aromatic rings. The number of nitriles is 1. The third-order valence-electron chi connectivity index (χ3n) is 4.26. The molecule has 7 nitrogen and oxygen atoms in total. The normalized spacial score (nSPS) is 14.6. The Labute approximate surface area is 148 Å². The van der Waals surface area contributed by atoms with Gasteiger partial charge >= 0.3 is 0 Å². The summed E-state index contributed by atoms with van der Waals surface area (Å²) in [7, 11) is 0. The molecule has 0 radical (unpaired) electrons. The van der Waals surface area contributed by atoms with Crippen molar-refractivity contribution in [2.24, 2.45) is 5.92 Å². The fraction of sp³-hybridized carbons (Fsp3) is 0.556. The molecule has 2 amide bonds. The van der Waals surface area contributed by atoms with Gasteiger partial charge in [0.1, 0.15) is 12.4 Å². The highest BCUT2D eigenvalue weighted by molar-refractivity contribution is 5.94. The number of anilines is 1. The topological polar surface area (TPSA) is 98.1 Å². The van der Waals surface area contributed by atoms with Crippen LogP contribution >= 0.6 is 0 Å². The Morgan fingerprint density at radius 1 is 1.36 bits per heavy atom. The molecule has 0 aliphatic carbocycles. The molecule has 1 atom stereocenters. The summed E-state index contributed by atoms with van der Waals surface area (Å²) in [5.74, 6) is 0.734. The zero-order valence-electron chi connectivity index (χ0n) is 14.6. The lowest BCUT2D eigenvalue weighted by Gasteiger charge is -2.17. The van der Waals surface area contributed by atoms with Crippen LogP contribution in [0.15, 0.2) is 18.3 Å². The monoisotopic (exact) mass is 343 g/mol. The Kier molecular flexibility index (Phi) is 7.20. The van der Waals surface area contributed by atoms with Crippen LogP contribution in [-0.4, -0.2) is 43.0 Å². The molecule has 0 saturated carbocycles. The first-order valence-corrected chi connectivity index (χ1v) is 8.73. The average molecular weight is 343 g/mol. The van der Waals surface area contributed by atoms with Crippen molar-refractivity contribution in [3.8, 4) is 6.07 Å². The van der Waals surface area contributed by atoms with Crippen molar-refractivity contribution in [3.05, 3.63) is 23.9 Å². The van der Waals surface area contributed by atoms with Crippen LogP contribution in [0, 0.1) is 17.2 Å². The molecular weight excluding hydrogens is 318 g/mol. The summed E-state index contributed by atoms with van der Waals surface area (Å²) in [5.41, 5.74) is 0.608. The van der Waals surface area contributed by atoms with Gasteiger partial charge in [-0.1, -0.05) is 6.92 Å². The summed E-state index contributed by atoms with van der Waals surface area (Å²) < 4.78 is 0. The van der Waals surface area contributed by atoms with Crippen LogP contribution in [0.5, 0.6) is 0 Å².